The van der Waals surface area contributed by atoms with Gasteiger partial charge in [0.2, 0.25) is 11.8 Å². The third-order valence-corrected chi connectivity index (χ3v) is 8.12. The van der Waals surface area contributed by atoms with Crippen LogP contribution in [0.25, 0.3) is 10.8 Å². The standard InChI is InChI=1S/C29H26N2O5/c1-28-13-14-29(36-28,15-16-35-23-10-6-5-9-22(23)34-2)25-24(28)26(32)31(27(25)33)21-12-11-18-7-3-4-8-19(18)20(21)17-30/h3-12,24-25H,13-16H2,1-2H3. The van der Waals surface area contributed by atoms with Gasteiger partial charge in [0, 0.05) is 11.8 Å². The highest BCUT2D eigenvalue weighted by atomic mass is 16.5. The summed E-state index contributed by atoms with van der Waals surface area (Å²) >= 11 is 0. The fraction of sp³-hybridized carbons (Fsp3) is 0.345. The second kappa shape index (κ2) is 8.07. The number of anilines is 1. The minimum atomic E-state index is -0.785. The number of carbonyl (C=O) groups excluding carboxylic acids is 2. The minimum absolute atomic E-state index is 0.286. The number of hydrogen-bond acceptors (Lipinski definition) is 6. The van der Waals surface area contributed by atoms with Crippen LogP contribution in [0, 0.1) is 23.2 Å². The Labute approximate surface area is 209 Å². The number of rotatable bonds is 6. The van der Waals surface area contributed by atoms with E-state index in [1.54, 1.807) is 13.2 Å². The zero-order valence-electron chi connectivity index (χ0n) is 20.2. The van der Waals surface area contributed by atoms with Gasteiger partial charge in [0.25, 0.3) is 0 Å². The Kier molecular flexibility index (Phi) is 5.06. The van der Waals surface area contributed by atoms with Gasteiger partial charge in [-0.15, -0.1) is 0 Å². The molecule has 4 unspecified atom stereocenters. The van der Waals surface area contributed by atoms with E-state index in [4.69, 9.17) is 14.2 Å². The highest BCUT2D eigenvalue weighted by molar-refractivity contribution is 6.24. The molecule has 0 spiro atoms. The van der Waals surface area contributed by atoms with Crippen molar-refractivity contribution in [2.45, 2.75) is 37.4 Å². The van der Waals surface area contributed by atoms with Crippen molar-refractivity contribution < 1.29 is 23.8 Å². The molecule has 3 aliphatic rings. The lowest BCUT2D eigenvalue weighted by molar-refractivity contribution is -0.131. The molecule has 0 saturated carbocycles. The van der Waals surface area contributed by atoms with Crippen molar-refractivity contribution in [1.29, 1.82) is 5.26 Å². The first-order valence-corrected chi connectivity index (χ1v) is 12.2. The van der Waals surface area contributed by atoms with Crippen molar-refractivity contribution in [2.24, 2.45) is 11.8 Å². The van der Waals surface area contributed by atoms with Crippen molar-refractivity contribution in [3.05, 3.63) is 66.2 Å². The van der Waals surface area contributed by atoms with Gasteiger partial charge in [-0.1, -0.05) is 42.5 Å². The molecule has 36 heavy (non-hydrogen) atoms. The molecule has 0 N–H and O–H groups in total. The number of amides is 2. The highest BCUT2D eigenvalue weighted by Gasteiger charge is 2.74. The molecule has 3 fully saturated rings. The van der Waals surface area contributed by atoms with Gasteiger partial charge < -0.3 is 14.2 Å². The lowest BCUT2D eigenvalue weighted by atomic mass is 9.67. The fourth-order valence-electron chi connectivity index (χ4n) is 6.48. The molecule has 182 valence electrons. The SMILES string of the molecule is COc1ccccc1OCCC12CCC(C)(O1)C1C(=O)N(c3ccc4ccccc4c3C#N)C(=O)C12. The monoisotopic (exact) mass is 482 g/mol. The molecule has 4 atom stereocenters. The quantitative estimate of drug-likeness (QED) is 0.477. The van der Waals surface area contributed by atoms with Crippen LogP contribution in [0.5, 0.6) is 11.5 Å². The summed E-state index contributed by atoms with van der Waals surface area (Å²) in [6.45, 7) is 2.25. The van der Waals surface area contributed by atoms with Crippen LogP contribution in [0.4, 0.5) is 5.69 Å². The van der Waals surface area contributed by atoms with Gasteiger partial charge in [0.1, 0.15) is 6.07 Å². The molecule has 6 rings (SSSR count). The third kappa shape index (κ3) is 3.07. The Balaban J connectivity index is 1.33. The van der Waals surface area contributed by atoms with Crippen molar-refractivity contribution in [1.82, 2.24) is 0 Å². The topological polar surface area (TPSA) is 88.9 Å². The highest BCUT2D eigenvalue weighted by Crippen LogP contribution is 2.62. The number of methoxy groups -OCH3 is 1. The Morgan fingerprint density at radius 1 is 1.00 bits per heavy atom. The summed E-state index contributed by atoms with van der Waals surface area (Å²) in [5, 5.41) is 11.6. The van der Waals surface area contributed by atoms with Crippen LogP contribution in [-0.2, 0) is 14.3 Å². The van der Waals surface area contributed by atoms with Crippen LogP contribution in [-0.4, -0.2) is 36.7 Å². The van der Waals surface area contributed by atoms with Crippen molar-refractivity contribution in [2.75, 3.05) is 18.6 Å². The van der Waals surface area contributed by atoms with Gasteiger partial charge in [0.05, 0.1) is 48.0 Å². The normalized spacial score (nSPS) is 28.4. The zero-order valence-corrected chi connectivity index (χ0v) is 20.2. The average molecular weight is 483 g/mol. The molecule has 0 aromatic heterocycles. The molecule has 0 aliphatic carbocycles. The van der Waals surface area contributed by atoms with E-state index in [0.717, 1.165) is 10.8 Å². The van der Waals surface area contributed by atoms with E-state index in [1.807, 2.05) is 61.5 Å². The molecular formula is C29H26N2O5. The smallest absolute Gasteiger partial charge is 0.240 e. The molecule has 3 aliphatic heterocycles. The van der Waals surface area contributed by atoms with Gasteiger partial charge in [-0.3, -0.25) is 9.59 Å². The maximum atomic E-state index is 13.9. The van der Waals surface area contributed by atoms with Crippen molar-refractivity contribution in [3.8, 4) is 17.6 Å². The number of para-hydroxylation sites is 2. The van der Waals surface area contributed by atoms with Gasteiger partial charge in [-0.05, 0) is 43.4 Å². The number of hydrogen-bond donors (Lipinski definition) is 0. The van der Waals surface area contributed by atoms with E-state index >= 15 is 0 Å². The summed E-state index contributed by atoms with van der Waals surface area (Å²) in [5.41, 5.74) is -0.821. The largest absolute Gasteiger partial charge is 0.493 e. The van der Waals surface area contributed by atoms with Gasteiger partial charge in [-0.25, -0.2) is 4.90 Å². The molecule has 3 aromatic carbocycles. The van der Waals surface area contributed by atoms with Crippen LogP contribution in [0.15, 0.2) is 60.7 Å². The second-order valence-corrected chi connectivity index (χ2v) is 9.99. The predicted octanol–water partition coefficient (Wildman–Crippen LogP) is 4.62. The molecule has 3 saturated heterocycles. The van der Waals surface area contributed by atoms with Crippen LogP contribution < -0.4 is 14.4 Å². The van der Waals surface area contributed by atoms with Crippen molar-refractivity contribution >= 4 is 28.3 Å². The van der Waals surface area contributed by atoms with E-state index in [2.05, 4.69) is 6.07 Å². The second-order valence-electron chi connectivity index (χ2n) is 9.99. The maximum Gasteiger partial charge on any atom is 0.240 e. The van der Waals surface area contributed by atoms with E-state index in [-0.39, 0.29) is 11.8 Å². The molecule has 0 radical (unpaired) electrons. The van der Waals surface area contributed by atoms with Crippen LogP contribution in [0.1, 0.15) is 31.7 Å². The maximum absolute atomic E-state index is 13.9. The number of nitriles is 1. The molecule has 3 heterocycles. The molecular weight excluding hydrogens is 456 g/mol. The first-order valence-electron chi connectivity index (χ1n) is 12.2. The first kappa shape index (κ1) is 22.6. The molecule has 7 nitrogen and oxygen atoms in total. The third-order valence-electron chi connectivity index (χ3n) is 8.12. The summed E-state index contributed by atoms with van der Waals surface area (Å²) in [4.78, 5) is 29.0. The molecule has 2 bridgehead atoms. The molecule has 3 aromatic rings. The Hall–Kier alpha value is -3.89. The van der Waals surface area contributed by atoms with Crippen molar-refractivity contribution in [3.63, 3.8) is 0 Å². The zero-order chi connectivity index (χ0) is 25.1. The van der Waals surface area contributed by atoms with Crippen LogP contribution in [0.3, 0.4) is 0 Å². The first-order chi connectivity index (χ1) is 17.4. The summed E-state index contributed by atoms with van der Waals surface area (Å²) < 4.78 is 17.9. The van der Waals surface area contributed by atoms with E-state index in [1.165, 1.54) is 4.90 Å². The Bertz CT molecular complexity index is 1450. The number of nitrogens with zero attached hydrogens (tertiary/aromatic N) is 2. The molecule has 2 amide bonds. The number of imide groups is 1. The Morgan fingerprint density at radius 3 is 2.50 bits per heavy atom. The summed E-state index contributed by atoms with van der Waals surface area (Å²) in [6.07, 6.45) is 1.84. The number of carbonyl (C=O) groups is 2. The number of benzene rings is 3. The van der Waals surface area contributed by atoms with E-state index < -0.39 is 23.0 Å². The lowest BCUT2D eigenvalue weighted by Gasteiger charge is -2.31. The van der Waals surface area contributed by atoms with Gasteiger partial charge >= 0.3 is 0 Å². The van der Waals surface area contributed by atoms with Gasteiger partial charge in [-0.2, -0.15) is 5.26 Å². The van der Waals surface area contributed by atoms with E-state index in [9.17, 15) is 14.9 Å². The van der Waals surface area contributed by atoms with Crippen LogP contribution >= 0.6 is 0 Å². The van der Waals surface area contributed by atoms with E-state index in [0.29, 0.717) is 48.6 Å². The predicted molar refractivity (Wildman–Crippen MR) is 133 cm³/mol. The minimum Gasteiger partial charge on any atom is -0.493 e. The van der Waals surface area contributed by atoms with Gasteiger partial charge in [0.15, 0.2) is 11.5 Å². The molecule has 7 heteroatoms. The summed E-state index contributed by atoms with van der Waals surface area (Å²) in [6, 6.07) is 20.7. The lowest BCUT2D eigenvalue weighted by Crippen LogP contribution is -2.43. The summed E-state index contributed by atoms with van der Waals surface area (Å²) in [5.74, 6) is -0.512. The van der Waals surface area contributed by atoms with Crippen LogP contribution in [0.2, 0.25) is 0 Å². The average Bonchev–Trinajstić information content (AvgIpc) is 3.47. The Morgan fingerprint density at radius 2 is 1.72 bits per heavy atom. The fourth-order valence-corrected chi connectivity index (χ4v) is 6.48. The summed E-state index contributed by atoms with van der Waals surface area (Å²) in [7, 11) is 1.59. The number of ether oxygens (including phenoxy) is 3. The number of fused-ring (bicyclic) bond motifs is 6.